The molecular formula is C12H22N4. The Labute approximate surface area is 97.7 Å². The van der Waals surface area contributed by atoms with Crippen LogP contribution in [-0.4, -0.2) is 40.6 Å². The molecule has 0 fully saturated rings. The summed E-state index contributed by atoms with van der Waals surface area (Å²) in [5.74, 6) is 0. The third-order valence-corrected chi connectivity index (χ3v) is 3.44. The fourth-order valence-corrected chi connectivity index (χ4v) is 2.01. The topological polar surface area (TPSA) is 33.1 Å². The molecule has 2 heterocycles. The highest BCUT2D eigenvalue weighted by Crippen LogP contribution is 2.12. The second-order valence-corrected chi connectivity index (χ2v) is 4.83. The van der Waals surface area contributed by atoms with Crippen molar-refractivity contribution in [1.82, 2.24) is 19.8 Å². The van der Waals surface area contributed by atoms with E-state index in [1.165, 1.54) is 11.4 Å². The summed E-state index contributed by atoms with van der Waals surface area (Å²) in [6, 6.07) is 0.612. The minimum absolute atomic E-state index is 0.612. The highest BCUT2D eigenvalue weighted by atomic mass is 15.2. The Morgan fingerprint density at radius 1 is 1.56 bits per heavy atom. The summed E-state index contributed by atoms with van der Waals surface area (Å²) >= 11 is 0. The van der Waals surface area contributed by atoms with Crippen LogP contribution in [0.15, 0.2) is 6.33 Å². The van der Waals surface area contributed by atoms with Gasteiger partial charge >= 0.3 is 0 Å². The van der Waals surface area contributed by atoms with E-state index in [9.17, 15) is 0 Å². The van der Waals surface area contributed by atoms with Crippen molar-refractivity contribution in [2.75, 3.05) is 20.1 Å². The van der Waals surface area contributed by atoms with Crippen LogP contribution in [0, 0.1) is 0 Å². The van der Waals surface area contributed by atoms with Crippen molar-refractivity contribution in [1.29, 1.82) is 0 Å². The first kappa shape index (κ1) is 11.6. The minimum Gasteiger partial charge on any atom is -0.333 e. The average molecular weight is 222 g/mol. The quantitative estimate of drug-likeness (QED) is 0.820. The summed E-state index contributed by atoms with van der Waals surface area (Å²) in [5, 5.41) is 3.35. The minimum atomic E-state index is 0.612. The Balaban J connectivity index is 1.97. The second-order valence-electron chi connectivity index (χ2n) is 4.83. The Kier molecular flexibility index (Phi) is 3.61. The second kappa shape index (κ2) is 4.97. The summed E-state index contributed by atoms with van der Waals surface area (Å²) in [6.07, 6.45) is 3.10. The number of rotatable bonds is 4. The van der Waals surface area contributed by atoms with Crippen LogP contribution in [0.5, 0.6) is 0 Å². The first-order chi connectivity index (χ1) is 7.68. The van der Waals surface area contributed by atoms with E-state index in [1.54, 1.807) is 0 Å². The van der Waals surface area contributed by atoms with Crippen LogP contribution >= 0.6 is 0 Å². The fraction of sp³-hybridized carbons (Fsp3) is 0.750. The highest BCUT2D eigenvalue weighted by molar-refractivity contribution is 5.16. The average Bonchev–Trinajstić information content (AvgIpc) is 2.69. The van der Waals surface area contributed by atoms with E-state index >= 15 is 0 Å². The summed E-state index contributed by atoms with van der Waals surface area (Å²) in [6.45, 7) is 8.62. The number of nitrogens with one attached hydrogen (secondary N) is 1. The molecule has 0 aromatic carbocycles. The maximum absolute atomic E-state index is 4.46. The predicted octanol–water partition coefficient (Wildman–Crippen LogP) is 0.869. The molecule has 0 atom stereocenters. The zero-order valence-electron chi connectivity index (χ0n) is 10.5. The smallest absolute Gasteiger partial charge is 0.0952 e. The number of nitrogens with zero attached hydrogens (tertiary/aromatic N) is 3. The van der Waals surface area contributed by atoms with Gasteiger partial charge in [0.15, 0.2) is 0 Å². The number of aromatic nitrogens is 2. The molecule has 16 heavy (non-hydrogen) atoms. The summed E-state index contributed by atoms with van der Waals surface area (Å²) in [7, 11) is 2.18. The fourth-order valence-electron chi connectivity index (χ4n) is 2.01. The molecule has 0 spiro atoms. The molecule has 1 N–H and O–H groups in total. The Bertz CT molecular complexity index is 343. The molecule has 0 bridgehead atoms. The number of hydrogen-bond donors (Lipinski definition) is 1. The van der Waals surface area contributed by atoms with Gasteiger partial charge in [0, 0.05) is 44.3 Å². The first-order valence-corrected chi connectivity index (χ1v) is 6.12. The van der Waals surface area contributed by atoms with E-state index < -0.39 is 0 Å². The normalized spacial score (nSPS) is 15.8. The van der Waals surface area contributed by atoms with Crippen LogP contribution in [0.2, 0.25) is 0 Å². The van der Waals surface area contributed by atoms with Crippen LogP contribution < -0.4 is 5.32 Å². The molecule has 1 aromatic rings. The molecule has 4 heteroatoms. The van der Waals surface area contributed by atoms with Gasteiger partial charge in [-0.05, 0) is 20.9 Å². The summed E-state index contributed by atoms with van der Waals surface area (Å²) in [5.41, 5.74) is 2.66. The summed E-state index contributed by atoms with van der Waals surface area (Å²) < 4.78 is 2.31. The van der Waals surface area contributed by atoms with Crippen molar-refractivity contribution >= 4 is 0 Å². The van der Waals surface area contributed by atoms with Crippen LogP contribution in [0.25, 0.3) is 0 Å². The molecule has 0 unspecified atom stereocenters. The van der Waals surface area contributed by atoms with Gasteiger partial charge in [-0.15, -0.1) is 0 Å². The highest BCUT2D eigenvalue weighted by Gasteiger charge is 2.14. The van der Waals surface area contributed by atoms with Crippen LogP contribution in [0.1, 0.15) is 25.2 Å². The van der Waals surface area contributed by atoms with Crippen molar-refractivity contribution in [2.24, 2.45) is 0 Å². The number of likely N-dealkylation sites (N-methyl/N-ethyl adjacent to an activating group) is 1. The van der Waals surface area contributed by atoms with Crippen molar-refractivity contribution in [3.8, 4) is 0 Å². The van der Waals surface area contributed by atoms with E-state index in [0.717, 1.165) is 32.6 Å². The van der Waals surface area contributed by atoms with Crippen LogP contribution in [0.3, 0.4) is 0 Å². The third-order valence-electron chi connectivity index (χ3n) is 3.44. The van der Waals surface area contributed by atoms with E-state index in [1.807, 2.05) is 6.33 Å². The maximum atomic E-state index is 4.46. The first-order valence-electron chi connectivity index (χ1n) is 6.12. The van der Waals surface area contributed by atoms with Gasteiger partial charge < -0.3 is 14.8 Å². The maximum Gasteiger partial charge on any atom is 0.0952 e. The molecule has 1 aliphatic rings. The van der Waals surface area contributed by atoms with Gasteiger partial charge in [0.25, 0.3) is 0 Å². The standard InChI is InChI=1S/C12H22N4/c1-10(2)15(3)6-7-16-9-14-11-8-13-5-4-12(11)16/h9-10,13H,4-8H2,1-3H3. The van der Waals surface area contributed by atoms with Gasteiger partial charge in [0.1, 0.15) is 0 Å². The van der Waals surface area contributed by atoms with Crippen molar-refractivity contribution < 1.29 is 0 Å². The van der Waals surface area contributed by atoms with Gasteiger partial charge in [-0.1, -0.05) is 0 Å². The van der Waals surface area contributed by atoms with Gasteiger partial charge in [0.05, 0.1) is 12.0 Å². The van der Waals surface area contributed by atoms with Crippen LogP contribution in [0.4, 0.5) is 0 Å². The largest absolute Gasteiger partial charge is 0.333 e. The van der Waals surface area contributed by atoms with Gasteiger partial charge in [0.2, 0.25) is 0 Å². The molecule has 0 radical (unpaired) electrons. The molecule has 0 aliphatic carbocycles. The molecular weight excluding hydrogens is 200 g/mol. The molecule has 2 rings (SSSR count). The van der Waals surface area contributed by atoms with Gasteiger partial charge in [-0.25, -0.2) is 4.98 Å². The lowest BCUT2D eigenvalue weighted by molar-refractivity contribution is 0.261. The van der Waals surface area contributed by atoms with Crippen LogP contribution in [-0.2, 0) is 19.5 Å². The van der Waals surface area contributed by atoms with E-state index in [2.05, 4.69) is 40.7 Å². The lowest BCUT2D eigenvalue weighted by Crippen LogP contribution is -2.31. The molecule has 0 saturated heterocycles. The monoisotopic (exact) mass is 222 g/mol. The van der Waals surface area contributed by atoms with Gasteiger partial charge in [-0.3, -0.25) is 0 Å². The lowest BCUT2D eigenvalue weighted by Gasteiger charge is -2.22. The molecule has 4 nitrogen and oxygen atoms in total. The molecule has 90 valence electrons. The molecule has 0 saturated carbocycles. The molecule has 1 aromatic heterocycles. The zero-order valence-corrected chi connectivity index (χ0v) is 10.5. The van der Waals surface area contributed by atoms with E-state index in [4.69, 9.17) is 0 Å². The SMILES string of the molecule is CC(C)N(C)CCn1cnc2c1CCNC2. The lowest BCUT2D eigenvalue weighted by atomic mass is 10.2. The predicted molar refractivity (Wildman–Crippen MR) is 65.4 cm³/mol. The van der Waals surface area contributed by atoms with Crippen molar-refractivity contribution in [3.63, 3.8) is 0 Å². The number of imidazole rings is 1. The Hall–Kier alpha value is -0.870. The van der Waals surface area contributed by atoms with Crippen molar-refractivity contribution in [3.05, 3.63) is 17.7 Å². The summed E-state index contributed by atoms with van der Waals surface area (Å²) in [4.78, 5) is 6.83. The van der Waals surface area contributed by atoms with E-state index in [-0.39, 0.29) is 0 Å². The molecule has 1 aliphatic heterocycles. The van der Waals surface area contributed by atoms with Gasteiger partial charge in [-0.2, -0.15) is 0 Å². The Morgan fingerprint density at radius 3 is 3.12 bits per heavy atom. The zero-order chi connectivity index (χ0) is 11.5. The molecule has 0 amide bonds. The third kappa shape index (κ3) is 2.44. The Morgan fingerprint density at radius 2 is 2.38 bits per heavy atom. The number of fused-ring (bicyclic) bond motifs is 1. The van der Waals surface area contributed by atoms with E-state index in [0.29, 0.717) is 6.04 Å². The van der Waals surface area contributed by atoms with Crippen molar-refractivity contribution in [2.45, 2.75) is 39.4 Å². The number of hydrogen-bond acceptors (Lipinski definition) is 3.